The molecular weight excluding hydrogens is 371 g/mol. The van der Waals surface area contributed by atoms with E-state index in [1.165, 1.54) is 4.68 Å². The summed E-state index contributed by atoms with van der Waals surface area (Å²) < 4.78 is 46.1. The molecular formula is C17H19ClF3N3O2. The summed E-state index contributed by atoms with van der Waals surface area (Å²) in [6.07, 6.45) is 0.481. The number of nitrogens with zero attached hydrogens (tertiary/aromatic N) is 3. The molecule has 0 radical (unpaired) electrons. The van der Waals surface area contributed by atoms with Gasteiger partial charge in [0.25, 0.3) is 0 Å². The van der Waals surface area contributed by atoms with Crippen LogP contribution in [0.3, 0.4) is 0 Å². The molecule has 142 valence electrons. The number of ether oxygens (including phenoxy) is 1. The number of fused-ring (bicyclic) bond motifs is 1. The van der Waals surface area contributed by atoms with Crippen molar-refractivity contribution in [2.75, 3.05) is 25.1 Å². The van der Waals surface area contributed by atoms with Crippen LogP contribution in [0, 0.1) is 5.92 Å². The Kier molecular flexibility index (Phi) is 5.05. The topological polar surface area (TPSA) is 47.4 Å². The number of aryl methyl sites for hydroxylation is 1. The number of halogens is 4. The predicted molar refractivity (Wildman–Crippen MR) is 91.2 cm³/mol. The molecule has 1 atom stereocenters. The van der Waals surface area contributed by atoms with Crippen LogP contribution in [-0.2, 0) is 17.5 Å². The maximum absolute atomic E-state index is 13.4. The number of rotatable bonds is 3. The van der Waals surface area contributed by atoms with Crippen molar-refractivity contribution in [3.05, 3.63) is 34.0 Å². The molecule has 1 unspecified atom stereocenters. The van der Waals surface area contributed by atoms with Crippen LogP contribution in [0.4, 0.5) is 19.0 Å². The van der Waals surface area contributed by atoms with E-state index in [4.69, 9.17) is 11.6 Å². The number of hydrogen-bond donors (Lipinski definition) is 0. The maximum atomic E-state index is 13.4. The minimum Gasteiger partial charge on any atom is -0.465 e. The molecule has 2 heterocycles. The average Bonchev–Trinajstić information content (AvgIpc) is 2.98. The van der Waals surface area contributed by atoms with Gasteiger partial charge in [0, 0.05) is 24.7 Å². The fourth-order valence-electron chi connectivity index (χ4n) is 3.39. The highest BCUT2D eigenvalue weighted by Crippen LogP contribution is 2.39. The molecule has 9 heteroatoms. The van der Waals surface area contributed by atoms with Crippen molar-refractivity contribution in [1.82, 2.24) is 9.78 Å². The third-order valence-corrected chi connectivity index (χ3v) is 5.07. The van der Waals surface area contributed by atoms with Gasteiger partial charge in [-0.3, -0.25) is 0 Å². The molecule has 1 aromatic rings. The standard InChI is InChI=1S/C17H19ClF3N3O2/c1-10-5-3-6-12(18)11(10)9-23-7-4-8-24-15(23)13(16(25)26-2)14(22-24)17(19,20)21/h3,6,10H,4-5,7-9H2,1-2H3. The van der Waals surface area contributed by atoms with Gasteiger partial charge >= 0.3 is 12.1 Å². The van der Waals surface area contributed by atoms with Gasteiger partial charge in [0.05, 0.1) is 7.11 Å². The summed E-state index contributed by atoms with van der Waals surface area (Å²) in [5.74, 6) is -0.717. The van der Waals surface area contributed by atoms with Gasteiger partial charge in [0.2, 0.25) is 0 Å². The molecule has 0 spiro atoms. The number of carbonyl (C=O) groups is 1. The monoisotopic (exact) mass is 389 g/mol. The molecule has 0 N–H and O–H groups in total. The first-order valence-corrected chi connectivity index (χ1v) is 8.68. The van der Waals surface area contributed by atoms with Gasteiger partial charge < -0.3 is 9.64 Å². The van der Waals surface area contributed by atoms with Crippen molar-refractivity contribution in [3.63, 3.8) is 0 Å². The summed E-state index contributed by atoms with van der Waals surface area (Å²) in [6.45, 7) is 3.19. The van der Waals surface area contributed by atoms with Gasteiger partial charge in [-0.2, -0.15) is 18.3 Å². The SMILES string of the molecule is COC(=O)c1c(C(F)(F)F)nn2c1N(CC1=C(Cl)C=CCC1C)CCC2. The summed E-state index contributed by atoms with van der Waals surface area (Å²) >= 11 is 6.30. The second-order valence-corrected chi connectivity index (χ2v) is 6.85. The number of aromatic nitrogens is 2. The summed E-state index contributed by atoms with van der Waals surface area (Å²) in [4.78, 5) is 13.9. The van der Waals surface area contributed by atoms with Crippen molar-refractivity contribution >= 4 is 23.4 Å². The second-order valence-electron chi connectivity index (χ2n) is 6.45. The Bertz CT molecular complexity index is 783. The Morgan fingerprint density at radius 2 is 2.15 bits per heavy atom. The first-order valence-electron chi connectivity index (χ1n) is 8.30. The zero-order valence-corrected chi connectivity index (χ0v) is 15.2. The third kappa shape index (κ3) is 3.34. The van der Waals surface area contributed by atoms with E-state index in [2.05, 4.69) is 9.84 Å². The summed E-state index contributed by atoms with van der Waals surface area (Å²) in [5.41, 5.74) is -0.800. The molecule has 3 rings (SSSR count). The van der Waals surface area contributed by atoms with Gasteiger partial charge in [0.1, 0.15) is 11.4 Å². The average molecular weight is 390 g/mol. The van der Waals surface area contributed by atoms with Gasteiger partial charge in [-0.15, -0.1) is 0 Å². The summed E-state index contributed by atoms with van der Waals surface area (Å²) in [7, 11) is 1.06. The number of hydrogen-bond acceptors (Lipinski definition) is 4. The fraction of sp³-hybridized carbons (Fsp3) is 0.529. The van der Waals surface area contributed by atoms with Crippen molar-refractivity contribution in [1.29, 1.82) is 0 Å². The lowest BCUT2D eigenvalue weighted by Crippen LogP contribution is -2.36. The highest BCUT2D eigenvalue weighted by atomic mass is 35.5. The number of esters is 1. The normalized spacial score (nSPS) is 20.4. The Morgan fingerprint density at radius 1 is 1.42 bits per heavy atom. The zero-order chi connectivity index (χ0) is 19.1. The minimum absolute atomic E-state index is 0.147. The first kappa shape index (κ1) is 18.8. The maximum Gasteiger partial charge on any atom is 0.436 e. The van der Waals surface area contributed by atoms with E-state index >= 15 is 0 Å². The van der Waals surface area contributed by atoms with E-state index in [1.807, 2.05) is 13.0 Å². The minimum atomic E-state index is -4.74. The Morgan fingerprint density at radius 3 is 2.77 bits per heavy atom. The van der Waals surface area contributed by atoms with Crippen LogP contribution in [0.1, 0.15) is 35.8 Å². The van der Waals surface area contributed by atoms with Gasteiger partial charge in [-0.05, 0) is 30.4 Å². The lowest BCUT2D eigenvalue weighted by molar-refractivity contribution is -0.142. The Balaban J connectivity index is 2.07. The molecule has 0 bridgehead atoms. The number of methoxy groups -OCH3 is 1. The summed E-state index contributed by atoms with van der Waals surface area (Å²) in [5, 5.41) is 4.25. The predicted octanol–water partition coefficient (Wildman–Crippen LogP) is 3.99. The zero-order valence-electron chi connectivity index (χ0n) is 14.4. The van der Waals surface area contributed by atoms with Crippen molar-refractivity contribution in [2.45, 2.75) is 32.5 Å². The molecule has 5 nitrogen and oxygen atoms in total. The lowest BCUT2D eigenvalue weighted by atomic mass is 9.92. The lowest BCUT2D eigenvalue weighted by Gasteiger charge is -2.33. The van der Waals surface area contributed by atoms with Gasteiger partial charge in [-0.25, -0.2) is 9.48 Å². The van der Waals surface area contributed by atoms with Crippen molar-refractivity contribution in [3.8, 4) is 0 Å². The largest absolute Gasteiger partial charge is 0.465 e. The molecule has 0 saturated heterocycles. The number of anilines is 1. The Hall–Kier alpha value is -1.96. The molecule has 0 fully saturated rings. The second kappa shape index (κ2) is 6.98. The van der Waals surface area contributed by atoms with Crippen molar-refractivity contribution in [2.24, 2.45) is 5.92 Å². The van der Waals surface area contributed by atoms with E-state index < -0.39 is 23.4 Å². The third-order valence-electron chi connectivity index (χ3n) is 4.70. The number of allylic oxidation sites excluding steroid dienone is 3. The van der Waals surface area contributed by atoms with E-state index in [0.29, 0.717) is 31.1 Å². The van der Waals surface area contributed by atoms with Crippen LogP contribution in [0.15, 0.2) is 22.8 Å². The number of alkyl halides is 3. The molecule has 0 saturated carbocycles. The van der Waals surface area contributed by atoms with E-state index in [1.54, 1.807) is 11.0 Å². The van der Waals surface area contributed by atoms with Crippen LogP contribution in [0.2, 0.25) is 0 Å². The fourth-order valence-corrected chi connectivity index (χ4v) is 3.72. The van der Waals surface area contributed by atoms with E-state index in [-0.39, 0.29) is 11.7 Å². The van der Waals surface area contributed by atoms with Crippen LogP contribution >= 0.6 is 11.6 Å². The highest BCUT2D eigenvalue weighted by Gasteiger charge is 2.44. The first-order chi connectivity index (χ1) is 12.2. The van der Waals surface area contributed by atoms with Crippen molar-refractivity contribution < 1.29 is 22.7 Å². The van der Waals surface area contributed by atoms with Gasteiger partial charge in [-0.1, -0.05) is 24.6 Å². The molecule has 26 heavy (non-hydrogen) atoms. The molecule has 2 aliphatic rings. The smallest absolute Gasteiger partial charge is 0.436 e. The van der Waals surface area contributed by atoms with Crippen LogP contribution in [0.25, 0.3) is 0 Å². The van der Waals surface area contributed by atoms with Crippen LogP contribution < -0.4 is 4.90 Å². The molecule has 0 aromatic carbocycles. The summed E-state index contributed by atoms with van der Waals surface area (Å²) in [6, 6.07) is 0. The van der Waals surface area contributed by atoms with Crippen LogP contribution in [0.5, 0.6) is 0 Å². The van der Waals surface area contributed by atoms with Gasteiger partial charge in [0.15, 0.2) is 5.69 Å². The number of carbonyl (C=O) groups excluding carboxylic acids is 1. The Labute approximate surface area is 154 Å². The van der Waals surface area contributed by atoms with E-state index in [9.17, 15) is 18.0 Å². The van der Waals surface area contributed by atoms with Crippen LogP contribution in [-0.4, -0.2) is 35.9 Å². The molecule has 1 aliphatic carbocycles. The molecule has 1 aromatic heterocycles. The quantitative estimate of drug-likeness (QED) is 0.733. The molecule has 1 aliphatic heterocycles. The highest BCUT2D eigenvalue weighted by molar-refractivity contribution is 6.31. The molecule has 0 amide bonds. The van der Waals surface area contributed by atoms with E-state index in [0.717, 1.165) is 19.1 Å².